The highest BCUT2D eigenvalue weighted by molar-refractivity contribution is 5.72. The molecule has 0 saturated heterocycles. The number of anilines is 1. The molecule has 19 heavy (non-hydrogen) atoms. The lowest BCUT2D eigenvalue weighted by atomic mass is 10.0. The molecule has 0 aliphatic rings. The van der Waals surface area contributed by atoms with Crippen molar-refractivity contribution in [2.75, 3.05) is 5.73 Å². The van der Waals surface area contributed by atoms with Crippen molar-refractivity contribution in [1.29, 1.82) is 0 Å². The van der Waals surface area contributed by atoms with Crippen LogP contribution in [0.5, 0.6) is 0 Å². The van der Waals surface area contributed by atoms with Gasteiger partial charge in [-0.25, -0.2) is 0 Å². The summed E-state index contributed by atoms with van der Waals surface area (Å²) in [6, 6.07) is 8.52. The van der Waals surface area contributed by atoms with Crippen molar-refractivity contribution in [3.8, 4) is 11.3 Å². The fraction of sp³-hybridized carbons (Fsp3) is 0.438. The van der Waals surface area contributed by atoms with Crippen molar-refractivity contribution in [3.05, 3.63) is 36.0 Å². The van der Waals surface area contributed by atoms with Crippen LogP contribution in [0.15, 0.2) is 30.5 Å². The largest absolute Gasteiger partial charge is 0.396 e. The summed E-state index contributed by atoms with van der Waals surface area (Å²) in [5.41, 5.74) is 10.1. The zero-order valence-corrected chi connectivity index (χ0v) is 12.2. The Balaban J connectivity index is 2.28. The van der Waals surface area contributed by atoms with E-state index in [9.17, 15) is 0 Å². The minimum atomic E-state index is 0.546. The van der Waals surface area contributed by atoms with Gasteiger partial charge in [0, 0.05) is 18.3 Å². The first-order chi connectivity index (χ1) is 8.97. The van der Waals surface area contributed by atoms with E-state index in [-0.39, 0.29) is 0 Å². The molecule has 0 unspecified atom stereocenters. The summed E-state index contributed by atoms with van der Waals surface area (Å²) in [6.45, 7) is 9.64. The molecule has 0 aliphatic carbocycles. The number of benzene rings is 1. The first-order valence-corrected chi connectivity index (χ1v) is 6.90. The van der Waals surface area contributed by atoms with Crippen LogP contribution in [0.4, 0.5) is 5.69 Å². The van der Waals surface area contributed by atoms with E-state index in [1.54, 1.807) is 0 Å². The smallest absolute Gasteiger partial charge is 0.115 e. The molecular formula is C16H23N3. The zero-order valence-electron chi connectivity index (χ0n) is 12.2. The van der Waals surface area contributed by atoms with Crippen LogP contribution in [0.25, 0.3) is 11.3 Å². The van der Waals surface area contributed by atoms with Crippen LogP contribution in [0.3, 0.4) is 0 Å². The number of nitrogens with two attached hydrogens (primary N) is 1. The lowest BCUT2D eigenvalue weighted by Crippen LogP contribution is -2.04. The second kappa shape index (κ2) is 5.47. The van der Waals surface area contributed by atoms with Crippen molar-refractivity contribution >= 4 is 5.69 Å². The highest BCUT2D eigenvalue weighted by atomic mass is 15.3. The zero-order chi connectivity index (χ0) is 14.0. The maximum Gasteiger partial charge on any atom is 0.115 e. The van der Waals surface area contributed by atoms with Gasteiger partial charge in [0.2, 0.25) is 0 Å². The molecule has 0 amide bonds. The van der Waals surface area contributed by atoms with Crippen LogP contribution >= 0.6 is 0 Å². The highest BCUT2D eigenvalue weighted by Gasteiger charge is 2.09. The fourth-order valence-electron chi connectivity index (χ4n) is 2.15. The monoisotopic (exact) mass is 257 g/mol. The molecule has 2 aromatic rings. The van der Waals surface area contributed by atoms with E-state index in [2.05, 4.69) is 57.1 Å². The van der Waals surface area contributed by atoms with Crippen molar-refractivity contribution < 1.29 is 0 Å². The van der Waals surface area contributed by atoms with Gasteiger partial charge in [-0.2, -0.15) is 5.10 Å². The van der Waals surface area contributed by atoms with Gasteiger partial charge < -0.3 is 5.73 Å². The number of hydrogen-bond acceptors (Lipinski definition) is 2. The van der Waals surface area contributed by atoms with Gasteiger partial charge in [0.1, 0.15) is 5.69 Å². The number of aromatic nitrogens is 2. The second-order valence-corrected chi connectivity index (χ2v) is 5.83. The van der Waals surface area contributed by atoms with Gasteiger partial charge in [0.25, 0.3) is 0 Å². The molecule has 0 atom stereocenters. The van der Waals surface area contributed by atoms with E-state index >= 15 is 0 Å². The highest BCUT2D eigenvalue weighted by Crippen LogP contribution is 2.26. The van der Waals surface area contributed by atoms with Crippen LogP contribution in [-0.2, 0) is 6.54 Å². The lowest BCUT2D eigenvalue weighted by molar-refractivity contribution is 0.484. The standard InChI is InChI=1S/C16H23N3/c1-11(2)9-19-10-15(17)16(18-19)14-7-5-13(6-8-14)12(3)4/h5-8,10-12H,9,17H2,1-4H3. The third-order valence-corrected chi connectivity index (χ3v) is 3.19. The Morgan fingerprint density at radius 3 is 2.26 bits per heavy atom. The predicted octanol–water partition coefficient (Wildman–Crippen LogP) is 3.91. The fourth-order valence-corrected chi connectivity index (χ4v) is 2.15. The molecule has 0 fully saturated rings. The van der Waals surface area contributed by atoms with Gasteiger partial charge in [0.15, 0.2) is 0 Å². The van der Waals surface area contributed by atoms with E-state index in [0.717, 1.165) is 23.5 Å². The third kappa shape index (κ3) is 3.16. The maximum atomic E-state index is 6.06. The molecule has 0 bridgehead atoms. The molecule has 0 saturated carbocycles. The average Bonchev–Trinajstić information content (AvgIpc) is 2.69. The molecule has 2 N–H and O–H groups in total. The van der Waals surface area contributed by atoms with E-state index in [1.807, 2.05) is 10.9 Å². The SMILES string of the molecule is CC(C)Cn1cc(N)c(-c2ccc(C(C)C)cc2)n1. The summed E-state index contributed by atoms with van der Waals surface area (Å²) in [5.74, 6) is 1.11. The number of nitrogens with zero attached hydrogens (tertiary/aromatic N) is 2. The lowest BCUT2D eigenvalue weighted by Gasteiger charge is -2.06. The summed E-state index contributed by atoms with van der Waals surface area (Å²) >= 11 is 0. The predicted molar refractivity (Wildman–Crippen MR) is 81.0 cm³/mol. The summed E-state index contributed by atoms with van der Waals surface area (Å²) < 4.78 is 1.94. The summed E-state index contributed by atoms with van der Waals surface area (Å²) in [4.78, 5) is 0. The van der Waals surface area contributed by atoms with E-state index in [0.29, 0.717) is 11.8 Å². The Morgan fingerprint density at radius 1 is 1.11 bits per heavy atom. The number of nitrogen functional groups attached to an aromatic ring is 1. The van der Waals surface area contributed by atoms with Gasteiger partial charge in [-0.3, -0.25) is 4.68 Å². The van der Waals surface area contributed by atoms with Crippen molar-refractivity contribution in [2.24, 2.45) is 5.92 Å². The Morgan fingerprint density at radius 2 is 1.74 bits per heavy atom. The van der Waals surface area contributed by atoms with Crippen LogP contribution < -0.4 is 5.73 Å². The molecule has 102 valence electrons. The van der Waals surface area contributed by atoms with Crippen LogP contribution in [0.2, 0.25) is 0 Å². The Bertz CT molecular complexity index is 536. The molecule has 3 nitrogen and oxygen atoms in total. The normalized spacial score (nSPS) is 11.5. The third-order valence-electron chi connectivity index (χ3n) is 3.19. The van der Waals surface area contributed by atoms with E-state index < -0.39 is 0 Å². The number of hydrogen-bond donors (Lipinski definition) is 1. The molecule has 1 aromatic carbocycles. The average molecular weight is 257 g/mol. The summed E-state index contributed by atoms with van der Waals surface area (Å²) in [6.07, 6.45) is 1.92. The molecule has 3 heteroatoms. The van der Waals surface area contributed by atoms with Gasteiger partial charge in [0.05, 0.1) is 5.69 Å². The molecule has 1 heterocycles. The topological polar surface area (TPSA) is 43.8 Å². The summed E-state index contributed by atoms with van der Waals surface area (Å²) in [5, 5.41) is 4.59. The summed E-state index contributed by atoms with van der Waals surface area (Å²) in [7, 11) is 0. The Labute approximate surface area is 115 Å². The van der Waals surface area contributed by atoms with Crippen molar-refractivity contribution in [2.45, 2.75) is 40.2 Å². The van der Waals surface area contributed by atoms with Crippen LogP contribution in [0.1, 0.15) is 39.2 Å². The minimum Gasteiger partial charge on any atom is -0.396 e. The van der Waals surface area contributed by atoms with Gasteiger partial charge in [-0.05, 0) is 17.4 Å². The van der Waals surface area contributed by atoms with Crippen molar-refractivity contribution in [3.63, 3.8) is 0 Å². The molecule has 0 radical (unpaired) electrons. The Kier molecular flexibility index (Phi) is 3.93. The molecule has 0 aliphatic heterocycles. The quantitative estimate of drug-likeness (QED) is 0.902. The maximum absolute atomic E-state index is 6.06. The first-order valence-electron chi connectivity index (χ1n) is 6.90. The Hall–Kier alpha value is -1.77. The minimum absolute atomic E-state index is 0.546. The molecule has 0 spiro atoms. The molecule has 2 rings (SSSR count). The molecular weight excluding hydrogens is 234 g/mol. The molecule has 1 aromatic heterocycles. The van der Waals surface area contributed by atoms with Gasteiger partial charge in [-0.15, -0.1) is 0 Å². The second-order valence-electron chi connectivity index (χ2n) is 5.83. The van der Waals surface area contributed by atoms with E-state index in [1.165, 1.54) is 5.56 Å². The van der Waals surface area contributed by atoms with Gasteiger partial charge >= 0.3 is 0 Å². The van der Waals surface area contributed by atoms with Crippen molar-refractivity contribution in [1.82, 2.24) is 9.78 Å². The van der Waals surface area contributed by atoms with Gasteiger partial charge in [-0.1, -0.05) is 52.0 Å². The number of rotatable bonds is 4. The van der Waals surface area contributed by atoms with Crippen LogP contribution in [0, 0.1) is 5.92 Å². The van der Waals surface area contributed by atoms with Crippen LogP contribution in [-0.4, -0.2) is 9.78 Å². The van der Waals surface area contributed by atoms with E-state index in [4.69, 9.17) is 5.73 Å². The first kappa shape index (κ1) is 13.7.